The van der Waals surface area contributed by atoms with Crippen LogP contribution in [-0.2, 0) is 4.79 Å². The summed E-state index contributed by atoms with van der Waals surface area (Å²) in [6.07, 6.45) is 3.70. The molecule has 1 N–H and O–H groups in total. The Morgan fingerprint density at radius 2 is 2.00 bits per heavy atom. The van der Waals surface area contributed by atoms with Crippen LogP contribution in [0.25, 0.3) is 12.2 Å². The summed E-state index contributed by atoms with van der Waals surface area (Å²) in [6.45, 7) is 3.24. The fourth-order valence-electron chi connectivity index (χ4n) is 1.57. The summed E-state index contributed by atoms with van der Waals surface area (Å²) < 4.78 is 5.17. The van der Waals surface area contributed by atoms with Crippen LogP contribution in [0.15, 0.2) is 34.9 Å². The number of aryl methyl sites for hydroxylation is 1. The van der Waals surface area contributed by atoms with Gasteiger partial charge in [0.1, 0.15) is 11.4 Å². The minimum Gasteiger partial charge on any atom is -0.354 e. The maximum absolute atomic E-state index is 11.1. The van der Waals surface area contributed by atoms with Gasteiger partial charge < -0.3 is 9.84 Å². The van der Waals surface area contributed by atoms with E-state index in [9.17, 15) is 4.79 Å². The second kappa shape index (κ2) is 5.31. The highest BCUT2D eigenvalue weighted by Gasteiger charge is 2.11. The summed E-state index contributed by atoms with van der Waals surface area (Å²) in [5, 5.41) is 6.55. The summed E-state index contributed by atoms with van der Waals surface area (Å²) >= 11 is 0. The lowest BCUT2D eigenvalue weighted by atomic mass is 10.2. The van der Waals surface area contributed by atoms with Crippen molar-refractivity contribution in [2.75, 3.05) is 5.32 Å². The monoisotopic (exact) mass is 242 g/mol. The lowest BCUT2D eigenvalue weighted by Crippen LogP contribution is -2.06. The zero-order valence-corrected chi connectivity index (χ0v) is 10.3. The molecular formula is C14H14N2O2. The Hall–Kier alpha value is -2.36. The number of rotatable bonds is 3. The third-order valence-corrected chi connectivity index (χ3v) is 2.42. The van der Waals surface area contributed by atoms with Gasteiger partial charge in [-0.25, -0.2) is 0 Å². The zero-order chi connectivity index (χ0) is 13.0. The van der Waals surface area contributed by atoms with Crippen LogP contribution in [-0.4, -0.2) is 11.1 Å². The lowest BCUT2D eigenvalue weighted by molar-refractivity contribution is -0.114. The molecule has 0 radical (unpaired) electrons. The summed E-state index contributed by atoms with van der Waals surface area (Å²) in [5.74, 6) is 0.405. The minimum absolute atomic E-state index is 0.143. The zero-order valence-electron chi connectivity index (χ0n) is 10.3. The van der Waals surface area contributed by atoms with Crippen molar-refractivity contribution < 1.29 is 9.32 Å². The third kappa shape index (κ3) is 2.85. The maximum atomic E-state index is 11.1. The molecule has 0 unspecified atom stereocenters. The number of nitrogens with one attached hydrogen (secondary N) is 1. The van der Waals surface area contributed by atoms with Gasteiger partial charge in [0.2, 0.25) is 5.91 Å². The van der Waals surface area contributed by atoms with E-state index in [-0.39, 0.29) is 5.91 Å². The van der Waals surface area contributed by atoms with E-state index in [1.165, 1.54) is 6.92 Å². The predicted octanol–water partition coefficient (Wildman–Crippen LogP) is 3.11. The molecule has 0 atom stereocenters. The Bertz CT molecular complexity index is 571. The highest BCUT2D eigenvalue weighted by molar-refractivity contribution is 5.92. The van der Waals surface area contributed by atoms with E-state index in [4.69, 9.17) is 4.52 Å². The molecule has 0 saturated heterocycles. The van der Waals surface area contributed by atoms with Crippen molar-refractivity contribution in [3.63, 3.8) is 0 Å². The third-order valence-electron chi connectivity index (χ3n) is 2.42. The van der Waals surface area contributed by atoms with Crippen LogP contribution in [0.2, 0.25) is 0 Å². The molecule has 2 rings (SSSR count). The van der Waals surface area contributed by atoms with Crippen LogP contribution >= 0.6 is 0 Å². The van der Waals surface area contributed by atoms with Crippen molar-refractivity contribution in [3.8, 4) is 0 Å². The highest BCUT2D eigenvalue weighted by atomic mass is 16.5. The average Bonchev–Trinajstić information content (AvgIpc) is 2.69. The van der Waals surface area contributed by atoms with Gasteiger partial charge in [0.05, 0.1) is 0 Å². The van der Waals surface area contributed by atoms with Crippen molar-refractivity contribution in [3.05, 3.63) is 47.3 Å². The molecule has 0 aliphatic heterocycles. The van der Waals surface area contributed by atoms with Gasteiger partial charge in [-0.05, 0) is 18.6 Å². The van der Waals surface area contributed by atoms with Crippen molar-refractivity contribution in [1.82, 2.24) is 5.16 Å². The Morgan fingerprint density at radius 1 is 1.28 bits per heavy atom. The number of amides is 1. The largest absolute Gasteiger partial charge is 0.354 e. The van der Waals surface area contributed by atoms with Crippen LogP contribution in [0, 0.1) is 6.92 Å². The van der Waals surface area contributed by atoms with Gasteiger partial charge in [0.25, 0.3) is 0 Å². The first kappa shape index (κ1) is 12.1. The normalized spacial score (nSPS) is 10.8. The van der Waals surface area contributed by atoms with Gasteiger partial charge in [-0.1, -0.05) is 41.6 Å². The molecule has 0 saturated carbocycles. The van der Waals surface area contributed by atoms with Crippen LogP contribution in [0.4, 0.5) is 5.69 Å². The number of aromatic nitrogens is 1. The van der Waals surface area contributed by atoms with Crippen LogP contribution in [0.1, 0.15) is 23.9 Å². The fourth-order valence-corrected chi connectivity index (χ4v) is 1.57. The SMILES string of the molecule is CC(=O)Nc1c(C)noc1/C=C/c1ccccc1. The second-order valence-corrected chi connectivity index (χ2v) is 3.93. The fraction of sp³-hybridized carbons (Fsp3) is 0.143. The van der Waals surface area contributed by atoms with Gasteiger partial charge >= 0.3 is 0 Å². The smallest absolute Gasteiger partial charge is 0.221 e. The lowest BCUT2D eigenvalue weighted by Gasteiger charge is -1.99. The van der Waals surface area contributed by atoms with Gasteiger partial charge in [-0.15, -0.1) is 0 Å². The van der Waals surface area contributed by atoms with Crippen LogP contribution in [0.3, 0.4) is 0 Å². The molecule has 1 heterocycles. The standard InChI is InChI=1S/C14H14N2O2/c1-10-14(15-11(2)17)13(18-16-10)9-8-12-6-4-3-5-7-12/h3-9H,1-2H3,(H,15,17)/b9-8+. The van der Waals surface area contributed by atoms with Crippen LogP contribution < -0.4 is 5.32 Å². The van der Waals surface area contributed by atoms with Gasteiger partial charge in [0, 0.05) is 6.92 Å². The van der Waals surface area contributed by atoms with E-state index >= 15 is 0 Å². The summed E-state index contributed by atoms with van der Waals surface area (Å²) in [6, 6.07) is 9.84. The Morgan fingerprint density at radius 3 is 2.67 bits per heavy atom. The van der Waals surface area contributed by atoms with Crippen molar-refractivity contribution in [2.45, 2.75) is 13.8 Å². The van der Waals surface area contributed by atoms with E-state index in [0.29, 0.717) is 17.1 Å². The predicted molar refractivity (Wildman–Crippen MR) is 70.9 cm³/mol. The molecule has 1 aromatic heterocycles. The molecule has 0 bridgehead atoms. The Balaban J connectivity index is 2.24. The van der Waals surface area contributed by atoms with E-state index in [1.807, 2.05) is 36.4 Å². The number of nitrogens with zero attached hydrogens (tertiary/aromatic N) is 1. The second-order valence-electron chi connectivity index (χ2n) is 3.93. The van der Waals surface area contributed by atoms with Gasteiger partial charge in [-0.2, -0.15) is 0 Å². The van der Waals surface area contributed by atoms with Gasteiger partial charge in [0.15, 0.2) is 5.76 Å². The van der Waals surface area contributed by atoms with E-state index in [1.54, 1.807) is 13.0 Å². The maximum Gasteiger partial charge on any atom is 0.221 e. The minimum atomic E-state index is -0.143. The number of anilines is 1. The van der Waals surface area contributed by atoms with Crippen molar-refractivity contribution in [2.24, 2.45) is 0 Å². The topological polar surface area (TPSA) is 55.1 Å². The van der Waals surface area contributed by atoms with Crippen molar-refractivity contribution >= 4 is 23.7 Å². The first-order valence-corrected chi connectivity index (χ1v) is 5.64. The van der Waals surface area contributed by atoms with E-state index in [2.05, 4.69) is 10.5 Å². The molecule has 92 valence electrons. The Labute approximate surface area is 105 Å². The molecule has 2 aromatic rings. The number of carbonyl (C=O) groups excluding carboxylic acids is 1. The van der Waals surface area contributed by atoms with Crippen molar-refractivity contribution in [1.29, 1.82) is 0 Å². The van der Waals surface area contributed by atoms with Gasteiger partial charge in [-0.3, -0.25) is 4.79 Å². The van der Waals surface area contributed by atoms with E-state index in [0.717, 1.165) is 5.56 Å². The quantitative estimate of drug-likeness (QED) is 0.899. The average molecular weight is 242 g/mol. The molecule has 0 spiro atoms. The number of carbonyl (C=O) groups is 1. The first-order chi connectivity index (χ1) is 8.66. The molecule has 4 nitrogen and oxygen atoms in total. The number of benzene rings is 1. The van der Waals surface area contributed by atoms with E-state index < -0.39 is 0 Å². The molecule has 0 fully saturated rings. The summed E-state index contributed by atoms with van der Waals surface area (Å²) in [7, 11) is 0. The number of hydrogen-bond acceptors (Lipinski definition) is 3. The molecule has 1 aromatic carbocycles. The summed E-state index contributed by atoms with van der Waals surface area (Å²) in [4.78, 5) is 11.1. The molecule has 18 heavy (non-hydrogen) atoms. The highest BCUT2D eigenvalue weighted by Crippen LogP contribution is 2.22. The molecule has 0 aliphatic rings. The molecular weight excluding hydrogens is 228 g/mol. The molecule has 1 amide bonds. The molecule has 0 aliphatic carbocycles. The molecule has 4 heteroatoms. The summed E-state index contributed by atoms with van der Waals surface area (Å²) in [5.41, 5.74) is 2.34. The first-order valence-electron chi connectivity index (χ1n) is 5.64. The number of hydrogen-bond donors (Lipinski definition) is 1. The van der Waals surface area contributed by atoms with Crippen LogP contribution in [0.5, 0.6) is 0 Å². The Kier molecular flexibility index (Phi) is 3.57.